The van der Waals surface area contributed by atoms with Gasteiger partial charge in [-0.3, -0.25) is 4.79 Å². The lowest BCUT2D eigenvalue weighted by molar-refractivity contribution is 0.150. The summed E-state index contributed by atoms with van der Waals surface area (Å²) >= 11 is 0. The van der Waals surface area contributed by atoms with E-state index in [9.17, 15) is 9.59 Å². The number of hydrogen-bond acceptors (Lipinski definition) is 4. The fourth-order valence-corrected chi connectivity index (χ4v) is 2.15. The average Bonchev–Trinajstić information content (AvgIpc) is 2.84. The molecule has 0 fully saturated rings. The van der Waals surface area contributed by atoms with Crippen LogP contribution < -0.4 is 5.56 Å². The van der Waals surface area contributed by atoms with Gasteiger partial charge in [0.05, 0.1) is 5.69 Å². The molecule has 1 aliphatic rings. The zero-order chi connectivity index (χ0) is 13.4. The Morgan fingerprint density at radius 2 is 2.32 bits per heavy atom. The molecule has 0 atom stereocenters. The van der Waals surface area contributed by atoms with Crippen LogP contribution in [0.2, 0.25) is 0 Å². The molecule has 0 saturated carbocycles. The first-order chi connectivity index (χ1) is 9.16. The zero-order valence-corrected chi connectivity index (χ0v) is 9.91. The Labute approximate surface area is 107 Å². The number of nitrogens with one attached hydrogen (secondary N) is 1. The molecule has 0 saturated heterocycles. The molecule has 1 aliphatic heterocycles. The van der Waals surface area contributed by atoms with Crippen molar-refractivity contribution in [2.24, 2.45) is 0 Å². The number of fused-ring (bicyclic) bond motifs is 1. The Balaban J connectivity index is 2.02. The highest BCUT2D eigenvalue weighted by Gasteiger charge is 2.20. The second kappa shape index (κ2) is 4.23. The first-order valence-electron chi connectivity index (χ1n) is 5.75. The van der Waals surface area contributed by atoms with Gasteiger partial charge in [-0.05, 0) is 12.0 Å². The summed E-state index contributed by atoms with van der Waals surface area (Å²) in [6.45, 7) is 0.709. The van der Waals surface area contributed by atoms with Crippen molar-refractivity contribution in [2.45, 2.75) is 6.42 Å². The summed E-state index contributed by atoms with van der Waals surface area (Å²) in [5, 5.41) is 12.9. The third kappa shape index (κ3) is 1.86. The van der Waals surface area contributed by atoms with Gasteiger partial charge in [0, 0.05) is 13.1 Å². The molecule has 0 aromatic carbocycles. The van der Waals surface area contributed by atoms with Gasteiger partial charge < -0.3 is 15.0 Å². The van der Waals surface area contributed by atoms with Crippen LogP contribution in [-0.4, -0.2) is 48.8 Å². The summed E-state index contributed by atoms with van der Waals surface area (Å²) in [4.78, 5) is 30.6. The maximum Gasteiger partial charge on any atom is 0.407 e. The molecule has 0 radical (unpaired) electrons. The van der Waals surface area contributed by atoms with E-state index in [4.69, 9.17) is 5.11 Å². The fourth-order valence-electron chi connectivity index (χ4n) is 2.15. The van der Waals surface area contributed by atoms with Crippen molar-refractivity contribution in [2.75, 3.05) is 13.1 Å². The number of hydrogen-bond donors (Lipinski definition) is 2. The van der Waals surface area contributed by atoms with Crippen LogP contribution >= 0.6 is 0 Å². The van der Waals surface area contributed by atoms with Gasteiger partial charge in [0.25, 0.3) is 5.56 Å². The lowest BCUT2D eigenvalue weighted by Crippen LogP contribution is -2.33. The maximum absolute atomic E-state index is 11.8. The number of rotatable bonds is 1. The third-order valence-corrected chi connectivity index (χ3v) is 3.13. The molecule has 0 bridgehead atoms. The second-order valence-electron chi connectivity index (χ2n) is 4.21. The summed E-state index contributed by atoms with van der Waals surface area (Å²) < 4.78 is 1.42. The molecule has 2 N–H and O–H groups in total. The van der Waals surface area contributed by atoms with E-state index in [1.807, 2.05) is 0 Å². The Bertz CT molecular complexity index is 729. The summed E-state index contributed by atoms with van der Waals surface area (Å²) in [6, 6.07) is 0. The van der Waals surface area contributed by atoms with Crippen LogP contribution in [0.15, 0.2) is 23.5 Å². The molecular weight excluding hydrogens is 250 g/mol. The van der Waals surface area contributed by atoms with Crippen molar-refractivity contribution in [3.63, 3.8) is 0 Å². The average molecular weight is 261 g/mol. The van der Waals surface area contributed by atoms with Gasteiger partial charge in [-0.1, -0.05) is 6.08 Å². The van der Waals surface area contributed by atoms with E-state index < -0.39 is 6.09 Å². The van der Waals surface area contributed by atoms with Crippen molar-refractivity contribution in [3.8, 4) is 0 Å². The third-order valence-electron chi connectivity index (χ3n) is 3.13. The van der Waals surface area contributed by atoms with Crippen LogP contribution in [0.1, 0.15) is 12.1 Å². The van der Waals surface area contributed by atoms with Crippen LogP contribution in [-0.2, 0) is 0 Å². The van der Waals surface area contributed by atoms with Crippen LogP contribution in [0.25, 0.3) is 11.1 Å². The van der Waals surface area contributed by atoms with E-state index in [1.165, 1.54) is 22.1 Å². The molecule has 2 aromatic heterocycles. The lowest BCUT2D eigenvalue weighted by Gasteiger charge is -2.22. The molecule has 3 heterocycles. The van der Waals surface area contributed by atoms with Crippen LogP contribution in [0.5, 0.6) is 0 Å². The molecule has 8 nitrogen and oxygen atoms in total. The van der Waals surface area contributed by atoms with Crippen LogP contribution in [0.3, 0.4) is 0 Å². The number of imidazole rings is 1. The highest BCUT2D eigenvalue weighted by molar-refractivity contribution is 5.77. The Kier molecular flexibility index (Phi) is 2.55. The van der Waals surface area contributed by atoms with Crippen molar-refractivity contribution >= 4 is 17.2 Å². The van der Waals surface area contributed by atoms with Gasteiger partial charge in [0.1, 0.15) is 12.7 Å². The maximum atomic E-state index is 11.8. The van der Waals surface area contributed by atoms with Gasteiger partial charge in [-0.25, -0.2) is 14.3 Å². The second-order valence-corrected chi connectivity index (χ2v) is 4.21. The minimum absolute atomic E-state index is 0.260. The molecule has 2 aromatic rings. The monoisotopic (exact) mass is 261 g/mol. The predicted molar refractivity (Wildman–Crippen MR) is 65.8 cm³/mol. The van der Waals surface area contributed by atoms with Crippen molar-refractivity contribution < 1.29 is 9.90 Å². The van der Waals surface area contributed by atoms with E-state index in [-0.39, 0.29) is 5.56 Å². The Morgan fingerprint density at radius 3 is 3.00 bits per heavy atom. The number of nitrogens with zero attached hydrogens (tertiary/aromatic N) is 4. The molecule has 98 valence electrons. The molecule has 0 spiro atoms. The minimum Gasteiger partial charge on any atom is -0.465 e. The lowest BCUT2D eigenvalue weighted by atomic mass is 10.0. The van der Waals surface area contributed by atoms with E-state index in [0.717, 1.165) is 5.57 Å². The molecule has 19 heavy (non-hydrogen) atoms. The van der Waals surface area contributed by atoms with Crippen LogP contribution in [0, 0.1) is 0 Å². The largest absolute Gasteiger partial charge is 0.465 e. The van der Waals surface area contributed by atoms with E-state index >= 15 is 0 Å². The first kappa shape index (κ1) is 11.5. The number of carboxylic acid groups (broad SMARTS) is 1. The summed E-state index contributed by atoms with van der Waals surface area (Å²) in [5.74, 6) is 0. The first-order valence-corrected chi connectivity index (χ1v) is 5.75. The highest BCUT2D eigenvalue weighted by Crippen LogP contribution is 2.22. The fraction of sp³-hybridized carbons (Fsp3) is 0.273. The highest BCUT2D eigenvalue weighted by atomic mass is 16.4. The van der Waals surface area contributed by atoms with E-state index in [2.05, 4.69) is 15.1 Å². The predicted octanol–water partition coefficient (Wildman–Crippen LogP) is 0.185. The zero-order valence-electron chi connectivity index (χ0n) is 9.91. The van der Waals surface area contributed by atoms with Gasteiger partial charge in [-0.15, -0.1) is 0 Å². The number of aromatic amines is 1. The van der Waals surface area contributed by atoms with Gasteiger partial charge >= 0.3 is 6.09 Å². The minimum atomic E-state index is -0.940. The summed E-state index contributed by atoms with van der Waals surface area (Å²) in [5.41, 5.74) is 1.57. The smallest absolute Gasteiger partial charge is 0.407 e. The number of amides is 1. The SMILES string of the molecule is O=C(O)N1CC=C(c2ncn3nc[nH]c(=O)c23)CC1. The normalized spacial score (nSPS) is 15.6. The van der Waals surface area contributed by atoms with Crippen molar-refractivity contribution in [3.05, 3.63) is 34.8 Å². The molecular formula is C11H11N5O3. The summed E-state index contributed by atoms with van der Waals surface area (Å²) in [6.07, 6.45) is 4.16. The van der Waals surface area contributed by atoms with Gasteiger partial charge in [0.15, 0.2) is 5.52 Å². The Morgan fingerprint density at radius 1 is 1.47 bits per heavy atom. The molecule has 8 heteroatoms. The van der Waals surface area contributed by atoms with E-state index in [0.29, 0.717) is 30.7 Å². The van der Waals surface area contributed by atoms with Crippen molar-refractivity contribution in [1.29, 1.82) is 0 Å². The number of aromatic nitrogens is 4. The topological polar surface area (TPSA) is 104 Å². The summed E-state index contributed by atoms with van der Waals surface area (Å²) in [7, 11) is 0. The Hall–Kier alpha value is -2.64. The molecule has 3 rings (SSSR count). The van der Waals surface area contributed by atoms with Gasteiger partial charge in [0.2, 0.25) is 0 Å². The van der Waals surface area contributed by atoms with Crippen LogP contribution in [0.4, 0.5) is 4.79 Å². The molecule has 0 aliphatic carbocycles. The molecule has 1 amide bonds. The van der Waals surface area contributed by atoms with Crippen molar-refractivity contribution in [1.82, 2.24) is 24.5 Å². The number of carbonyl (C=O) groups is 1. The standard InChI is InChI=1S/C11H11N5O3/c17-10-9-8(13-6-16(9)14-5-12-10)7-1-3-15(4-2-7)11(18)19/h1,5-6H,2-4H2,(H,18,19)(H,12,14,17). The van der Waals surface area contributed by atoms with Gasteiger partial charge in [-0.2, -0.15) is 5.10 Å². The quantitative estimate of drug-likeness (QED) is 0.762. The van der Waals surface area contributed by atoms with E-state index in [1.54, 1.807) is 6.08 Å². The number of H-pyrrole nitrogens is 1. The molecule has 0 unspecified atom stereocenters.